The zero-order chi connectivity index (χ0) is 19.4. The molecule has 1 saturated heterocycles. The Morgan fingerprint density at radius 3 is 2.19 bits per heavy atom. The van der Waals surface area contributed by atoms with Crippen LogP contribution in [0.15, 0.2) is 6.07 Å². The maximum Gasteiger partial charge on any atom is 0.238 e. The molecule has 1 heterocycles. The van der Waals surface area contributed by atoms with Gasteiger partial charge in [-0.1, -0.05) is 18.9 Å². The molecule has 1 aliphatic rings. The molecule has 1 amide bonds. The molecular weight excluding hydrogens is 346 g/mol. The van der Waals surface area contributed by atoms with Crippen LogP contribution in [-0.4, -0.2) is 39.1 Å². The van der Waals surface area contributed by atoms with E-state index in [4.69, 9.17) is 0 Å². The van der Waals surface area contributed by atoms with Crippen LogP contribution in [0, 0.1) is 20.8 Å². The van der Waals surface area contributed by atoms with Crippen molar-refractivity contribution in [3.05, 3.63) is 33.9 Å². The predicted octanol–water partition coefficient (Wildman–Crippen LogP) is 3.85. The van der Waals surface area contributed by atoms with Crippen LogP contribution in [0.25, 0.3) is 0 Å². The molecule has 0 unspecified atom stereocenters. The van der Waals surface area contributed by atoms with Crippen LogP contribution in [0.1, 0.15) is 72.1 Å². The SMILES string of the molecule is CC(=O)c1c(C)cc(C)c(C[S@](=O)[C@@H](C)C(=O)N2CCCCCC2)c1C. The highest BCUT2D eigenvalue weighted by molar-refractivity contribution is 7.85. The Bertz CT molecular complexity index is 718. The first kappa shape index (κ1) is 20.8. The first-order valence-electron chi connectivity index (χ1n) is 9.50. The molecule has 1 aliphatic heterocycles. The fraction of sp³-hybridized carbons (Fsp3) is 0.619. The lowest BCUT2D eigenvalue weighted by Gasteiger charge is -2.24. The lowest BCUT2D eigenvalue weighted by atomic mass is 9.92. The van der Waals surface area contributed by atoms with Gasteiger partial charge in [0.15, 0.2) is 5.78 Å². The number of hydrogen-bond acceptors (Lipinski definition) is 3. The maximum atomic E-state index is 12.9. The number of aryl methyl sites for hydroxylation is 2. The van der Waals surface area contributed by atoms with E-state index in [-0.39, 0.29) is 11.7 Å². The second-order valence-electron chi connectivity index (χ2n) is 7.45. The van der Waals surface area contributed by atoms with E-state index in [1.165, 1.54) is 0 Å². The summed E-state index contributed by atoms with van der Waals surface area (Å²) in [5.74, 6) is 0.346. The summed E-state index contributed by atoms with van der Waals surface area (Å²) in [6.07, 6.45) is 4.39. The van der Waals surface area contributed by atoms with Crippen molar-refractivity contribution in [2.45, 2.75) is 71.3 Å². The largest absolute Gasteiger partial charge is 0.342 e. The lowest BCUT2D eigenvalue weighted by Crippen LogP contribution is -2.40. The first-order chi connectivity index (χ1) is 12.2. The number of likely N-dealkylation sites (tertiary alicyclic amines) is 1. The Morgan fingerprint density at radius 1 is 1.08 bits per heavy atom. The van der Waals surface area contributed by atoms with Crippen LogP contribution < -0.4 is 0 Å². The second-order valence-corrected chi connectivity index (χ2v) is 9.21. The molecule has 5 heteroatoms. The van der Waals surface area contributed by atoms with Crippen molar-refractivity contribution in [3.8, 4) is 0 Å². The van der Waals surface area contributed by atoms with Gasteiger partial charge in [0.25, 0.3) is 0 Å². The highest BCUT2D eigenvalue weighted by atomic mass is 32.2. The number of amides is 1. The number of carbonyl (C=O) groups excluding carboxylic acids is 2. The van der Waals surface area contributed by atoms with E-state index in [0.717, 1.165) is 61.0 Å². The van der Waals surface area contributed by atoms with Crippen LogP contribution >= 0.6 is 0 Å². The molecular formula is C21H31NO3S. The summed E-state index contributed by atoms with van der Waals surface area (Å²) < 4.78 is 12.9. The third-order valence-electron chi connectivity index (χ3n) is 5.43. The predicted molar refractivity (Wildman–Crippen MR) is 107 cm³/mol. The zero-order valence-electron chi connectivity index (χ0n) is 16.7. The maximum absolute atomic E-state index is 12.9. The van der Waals surface area contributed by atoms with Crippen LogP contribution in [0.3, 0.4) is 0 Å². The van der Waals surface area contributed by atoms with Crippen LogP contribution in [-0.2, 0) is 21.3 Å². The lowest BCUT2D eigenvalue weighted by molar-refractivity contribution is -0.130. The van der Waals surface area contributed by atoms with Gasteiger partial charge in [-0.2, -0.15) is 0 Å². The van der Waals surface area contributed by atoms with Crippen molar-refractivity contribution < 1.29 is 13.8 Å². The molecule has 0 bridgehead atoms. The van der Waals surface area contributed by atoms with E-state index < -0.39 is 16.0 Å². The van der Waals surface area contributed by atoms with Crippen LogP contribution in [0.5, 0.6) is 0 Å². The van der Waals surface area contributed by atoms with Gasteiger partial charge >= 0.3 is 0 Å². The fourth-order valence-electron chi connectivity index (χ4n) is 3.92. The molecule has 0 aromatic heterocycles. The number of carbonyl (C=O) groups is 2. The van der Waals surface area contributed by atoms with Gasteiger partial charge in [0, 0.05) is 35.2 Å². The van der Waals surface area contributed by atoms with Gasteiger partial charge in [-0.05, 0) is 69.7 Å². The normalized spacial score (nSPS) is 17.5. The van der Waals surface area contributed by atoms with Crippen molar-refractivity contribution in [2.24, 2.45) is 0 Å². The molecule has 0 N–H and O–H groups in total. The average molecular weight is 378 g/mol. The standard InChI is InChI=1S/C21H31NO3S/c1-14-12-15(2)20(17(4)23)16(3)19(14)13-26(25)18(5)21(24)22-10-8-6-7-9-11-22/h12,18H,6-11,13H2,1-5H3/t18-,26-/m0/s1. The quantitative estimate of drug-likeness (QED) is 0.732. The van der Waals surface area contributed by atoms with E-state index in [9.17, 15) is 13.8 Å². The van der Waals surface area contributed by atoms with E-state index in [1.54, 1.807) is 13.8 Å². The molecule has 0 aliphatic carbocycles. The minimum Gasteiger partial charge on any atom is -0.342 e. The third kappa shape index (κ3) is 4.61. The van der Waals surface area contributed by atoms with Gasteiger partial charge < -0.3 is 4.90 Å². The fourth-order valence-corrected chi connectivity index (χ4v) is 5.27. The van der Waals surface area contributed by atoms with Crippen molar-refractivity contribution >= 4 is 22.5 Å². The second kappa shape index (κ2) is 8.94. The number of Topliss-reactive ketones (excluding diaryl/α,β-unsaturated/α-hetero) is 1. The Labute approximate surface area is 159 Å². The zero-order valence-corrected chi connectivity index (χ0v) is 17.5. The molecule has 0 radical (unpaired) electrons. The van der Waals surface area contributed by atoms with Crippen LogP contribution in [0.2, 0.25) is 0 Å². The van der Waals surface area contributed by atoms with E-state index in [2.05, 4.69) is 0 Å². The summed E-state index contributed by atoms with van der Waals surface area (Å²) in [5, 5.41) is -0.519. The van der Waals surface area contributed by atoms with Crippen molar-refractivity contribution in [2.75, 3.05) is 13.1 Å². The molecule has 4 nitrogen and oxygen atoms in total. The average Bonchev–Trinajstić information content (AvgIpc) is 2.85. The van der Waals surface area contributed by atoms with Gasteiger partial charge in [0.2, 0.25) is 5.91 Å². The van der Waals surface area contributed by atoms with Crippen molar-refractivity contribution in [1.82, 2.24) is 4.90 Å². The first-order valence-corrected chi connectivity index (χ1v) is 10.9. The summed E-state index contributed by atoms with van der Waals surface area (Å²) >= 11 is 0. The van der Waals surface area contributed by atoms with Gasteiger partial charge in [-0.15, -0.1) is 0 Å². The molecule has 0 saturated carbocycles. The van der Waals surface area contributed by atoms with Gasteiger partial charge in [-0.3, -0.25) is 13.8 Å². The molecule has 1 fully saturated rings. The van der Waals surface area contributed by atoms with E-state index >= 15 is 0 Å². The Balaban J connectivity index is 2.19. The van der Waals surface area contributed by atoms with Crippen LogP contribution in [0.4, 0.5) is 0 Å². The Morgan fingerprint density at radius 2 is 1.65 bits per heavy atom. The number of nitrogens with zero attached hydrogens (tertiary/aromatic N) is 1. The van der Waals surface area contributed by atoms with Crippen molar-refractivity contribution in [3.63, 3.8) is 0 Å². The monoisotopic (exact) mass is 377 g/mol. The molecule has 26 heavy (non-hydrogen) atoms. The van der Waals surface area contributed by atoms with Gasteiger partial charge in [0.05, 0.1) is 0 Å². The summed E-state index contributed by atoms with van der Waals surface area (Å²) in [6, 6.07) is 1.98. The Kier molecular flexibility index (Phi) is 7.16. The summed E-state index contributed by atoms with van der Waals surface area (Å²) in [5.41, 5.74) is 4.55. The number of rotatable bonds is 5. The Hall–Kier alpha value is -1.49. The molecule has 1 aromatic rings. The van der Waals surface area contributed by atoms with Crippen molar-refractivity contribution in [1.29, 1.82) is 0 Å². The summed E-state index contributed by atoms with van der Waals surface area (Å²) in [6.45, 7) is 10.7. The minimum absolute atomic E-state index is 0.000516. The topological polar surface area (TPSA) is 54.5 Å². The van der Waals surface area contributed by atoms with E-state index in [0.29, 0.717) is 11.3 Å². The number of benzene rings is 1. The number of hydrogen-bond donors (Lipinski definition) is 0. The summed E-state index contributed by atoms with van der Waals surface area (Å²) in [7, 11) is -1.30. The number of ketones is 1. The molecule has 2 atom stereocenters. The molecule has 1 aromatic carbocycles. The molecule has 144 valence electrons. The highest BCUT2D eigenvalue weighted by Crippen LogP contribution is 2.25. The van der Waals surface area contributed by atoms with E-state index in [1.807, 2.05) is 31.7 Å². The highest BCUT2D eigenvalue weighted by Gasteiger charge is 2.27. The smallest absolute Gasteiger partial charge is 0.238 e. The third-order valence-corrected chi connectivity index (χ3v) is 6.99. The molecule has 2 rings (SSSR count). The minimum atomic E-state index is -1.30. The summed E-state index contributed by atoms with van der Waals surface area (Å²) in [4.78, 5) is 26.6. The van der Waals surface area contributed by atoms with Gasteiger partial charge in [0.1, 0.15) is 5.25 Å². The molecule has 0 spiro atoms. The van der Waals surface area contributed by atoms with Gasteiger partial charge in [-0.25, -0.2) is 0 Å².